The summed E-state index contributed by atoms with van der Waals surface area (Å²) in [6.45, 7) is 2.60. The van der Waals surface area contributed by atoms with Crippen LogP contribution in [0.2, 0.25) is 0 Å². The van der Waals surface area contributed by atoms with Crippen LogP contribution in [0.25, 0.3) is 0 Å². The lowest BCUT2D eigenvalue weighted by Gasteiger charge is -1.98. The van der Waals surface area contributed by atoms with E-state index in [-0.39, 0.29) is 5.56 Å². The van der Waals surface area contributed by atoms with Crippen molar-refractivity contribution < 1.29 is 0 Å². The summed E-state index contributed by atoms with van der Waals surface area (Å²) < 4.78 is 1.60. The summed E-state index contributed by atoms with van der Waals surface area (Å²) in [4.78, 5) is 11.1. The fraction of sp³-hybridized carbons (Fsp3) is 0.222. The first kappa shape index (κ1) is 7.62. The number of aryl methyl sites for hydroxylation is 1. The molecule has 0 amide bonds. The first-order chi connectivity index (χ1) is 5.27. The highest BCUT2D eigenvalue weighted by atomic mass is 16.1. The van der Waals surface area contributed by atoms with Crippen molar-refractivity contribution in [2.24, 2.45) is 0 Å². The second-order valence-electron chi connectivity index (χ2n) is 2.18. The number of aromatic nitrogens is 1. The monoisotopic (exact) mass is 147 g/mol. The van der Waals surface area contributed by atoms with Gasteiger partial charge in [-0.05, 0) is 13.0 Å². The summed E-state index contributed by atoms with van der Waals surface area (Å²) in [5.74, 6) is 2.41. The fourth-order valence-corrected chi connectivity index (χ4v) is 0.859. The van der Waals surface area contributed by atoms with Gasteiger partial charge >= 0.3 is 0 Å². The number of pyridine rings is 1. The molecule has 0 aliphatic rings. The Bertz CT molecular complexity index is 343. The Labute approximate surface area is 65.5 Å². The number of terminal acetylenes is 1. The Morgan fingerprint density at radius 3 is 2.91 bits per heavy atom. The molecular weight excluding hydrogens is 138 g/mol. The first-order valence-corrected chi connectivity index (χ1v) is 3.45. The summed E-state index contributed by atoms with van der Waals surface area (Å²) in [5, 5.41) is 0. The number of hydrogen-bond donors (Lipinski definition) is 0. The molecule has 0 bridgehead atoms. The van der Waals surface area contributed by atoms with Crippen molar-refractivity contribution in [2.75, 3.05) is 0 Å². The molecule has 0 atom stereocenters. The Hall–Kier alpha value is -1.49. The van der Waals surface area contributed by atoms with Gasteiger partial charge in [0, 0.05) is 24.4 Å². The van der Waals surface area contributed by atoms with Crippen molar-refractivity contribution in [2.45, 2.75) is 13.5 Å². The fourth-order valence-electron chi connectivity index (χ4n) is 0.859. The molecule has 2 heteroatoms. The highest BCUT2D eigenvalue weighted by Crippen LogP contribution is 1.90. The van der Waals surface area contributed by atoms with Gasteiger partial charge in [-0.1, -0.05) is 5.92 Å². The second-order valence-corrected chi connectivity index (χ2v) is 2.18. The quantitative estimate of drug-likeness (QED) is 0.540. The summed E-state index contributed by atoms with van der Waals surface area (Å²) in [5.41, 5.74) is 0.600. The van der Waals surface area contributed by atoms with Crippen LogP contribution < -0.4 is 5.56 Å². The van der Waals surface area contributed by atoms with E-state index in [1.807, 2.05) is 6.92 Å². The molecule has 0 saturated carbocycles. The Kier molecular flexibility index (Phi) is 2.12. The van der Waals surface area contributed by atoms with Gasteiger partial charge in [-0.15, -0.1) is 6.42 Å². The van der Waals surface area contributed by atoms with Gasteiger partial charge in [0.1, 0.15) is 0 Å². The van der Waals surface area contributed by atoms with Crippen LogP contribution in [0.4, 0.5) is 0 Å². The van der Waals surface area contributed by atoms with E-state index in [0.717, 1.165) is 0 Å². The predicted octanol–water partition coefficient (Wildman–Crippen LogP) is 0.849. The van der Waals surface area contributed by atoms with Crippen molar-refractivity contribution in [3.63, 3.8) is 0 Å². The van der Waals surface area contributed by atoms with E-state index in [1.54, 1.807) is 16.8 Å². The van der Waals surface area contributed by atoms with E-state index in [2.05, 4.69) is 5.92 Å². The van der Waals surface area contributed by atoms with Gasteiger partial charge in [0.25, 0.3) is 5.56 Å². The van der Waals surface area contributed by atoms with E-state index >= 15 is 0 Å². The Balaban J connectivity index is 3.23. The van der Waals surface area contributed by atoms with Gasteiger partial charge in [-0.2, -0.15) is 0 Å². The molecule has 0 radical (unpaired) electrons. The smallest absolute Gasteiger partial charge is 0.251 e. The van der Waals surface area contributed by atoms with E-state index in [1.165, 1.54) is 6.07 Å². The number of rotatable bonds is 1. The number of nitrogens with zero attached hydrogens (tertiary/aromatic N) is 1. The van der Waals surface area contributed by atoms with Gasteiger partial charge in [0.2, 0.25) is 0 Å². The minimum atomic E-state index is -0.0389. The summed E-state index contributed by atoms with van der Waals surface area (Å²) in [7, 11) is 0. The molecule has 0 fully saturated rings. The van der Waals surface area contributed by atoms with E-state index in [0.29, 0.717) is 12.1 Å². The topological polar surface area (TPSA) is 22.0 Å². The molecule has 1 aromatic rings. The van der Waals surface area contributed by atoms with E-state index in [4.69, 9.17) is 6.42 Å². The van der Waals surface area contributed by atoms with Crippen LogP contribution >= 0.6 is 0 Å². The lowest BCUT2D eigenvalue weighted by molar-refractivity contribution is 0.726. The van der Waals surface area contributed by atoms with Gasteiger partial charge in [0.15, 0.2) is 0 Å². The predicted molar refractivity (Wildman–Crippen MR) is 44.3 cm³/mol. The zero-order valence-corrected chi connectivity index (χ0v) is 6.37. The zero-order chi connectivity index (χ0) is 8.27. The normalized spacial score (nSPS) is 9.09. The average molecular weight is 147 g/mol. The van der Waals surface area contributed by atoms with E-state index in [9.17, 15) is 4.79 Å². The SMILES string of the molecule is C#Cc1ccn(CC)c(=O)c1. The van der Waals surface area contributed by atoms with Crippen LogP contribution in [-0.4, -0.2) is 4.57 Å². The third kappa shape index (κ3) is 1.50. The van der Waals surface area contributed by atoms with Crippen LogP contribution in [-0.2, 0) is 6.54 Å². The molecule has 2 nitrogen and oxygen atoms in total. The summed E-state index contributed by atoms with van der Waals surface area (Å²) >= 11 is 0. The van der Waals surface area contributed by atoms with Crippen molar-refractivity contribution in [3.05, 3.63) is 34.2 Å². The molecule has 1 heterocycles. The summed E-state index contributed by atoms with van der Waals surface area (Å²) in [6, 6.07) is 3.22. The highest BCUT2D eigenvalue weighted by molar-refractivity contribution is 5.29. The molecule has 0 aliphatic carbocycles. The lowest BCUT2D eigenvalue weighted by atomic mass is 10.3. The first-order valence-electron chi connectivity index (χ1n) is 3.45. The van der Waals surface area contributed by atoms with Crippen molar-refractivity contribution in [1.82, 2.24) is 4.57 Å². The van der Waals surface area contributed by atoms with Gasteiger partial charge in [-0.3, -0.25) is 4.79 Å². The Morgan fingerprint density at radius 2 is 2.45 bits per heavy atom. The van der Waals surface area contributed by atoms with Gasteiger partial charge in [0.05, 0.1) is 0 Å². The standard InChI is InChI=1S/C9H9NO/c1-3-8-5-6-10(4-2)9(11)7-8/h1,5-7H,4H2,2H3. The summed E-state index contributed by atoms with van der Waals surface area (Å²) in [6.07, 6.45) is 6.82. The van der Waals surface area contributed by atoms with Crippen LogP contribution in [0.3, 0.4) is 0 Å². The molecule has 0 spiro atoms. The minimum Gasteiger partial charge on any atom is -0.316 e. The second kappa shape index (κ2) is 3.07. The van der Waals surface area contributed by atoms with Crippen LogP contribution in [0, 0.1) is 12.3 Å². The van der Waals surface area contributed by atoms with Crippen molar-refractivity contribution in [3.8, 4) is 12.3 Å². The molecule has 0 N–H and O–H groups in total. The third-order valence-electron chi connectivity index (χ3n) is 1.50. The number of hydrogen-bond acceptors (Lipinski definition) is 1. The van der Waals surface area contributed by atoms with Crippen molar-refractivity contribution >= 4 is 0 Å². The molecular formula is C9H9NO. The van der Waals surface area contributed by atoms with Gasteiger partial charge in [-0.25, -0.2) is 0 Å². The maximum atomic E-state index is 11.1. The zero-order valence-electron chi connectivity index (χ0n) is 6.37. The minimum absolute atomic E-state index is 0.0389. The largest absolute Gasteiger partial charge is 0.316 e. The molecule has 0 aromatic carbocycles. The maximum absolute atomic E-state index is 11.1. The van der Waals surface area contributed by atoms with Crippen LogP contribution in [0.1, 0.15) is 12.5 Å². The Morgan fingerprint density at radius 1 is 1.73 bits per heavy atom. The van der Waals surface area contributed by atoms with Crippen LogP contribution in [0.15, 0.2) is 23.1 Å². The van der Waals surface area contributed by atoms with Crippen molar-refractivity contribution in [1.29, 1.82) is 0 Å². The average Bonchev–Trinajstić information content (AvgIpc) is 2.04. The lowest BCUT2D eigenvalue weighted by Crippen LogP contribution is -2.17. The molecule has 0 saturated heterocycles. The molecule has 11 heavy (non-hydrogen) atoms. The molecule has 0 aliphatic heterocycles. The molecule has 56 valence electrons. The van der Waals surface area contributed by atoms with E-state index < -0.39 is 0 Å². The molecule has 1 rings (SSSR count). The third-order valence-corrected chi connectivity index (χ3v) is 1.50. The van der Waals surface area contributed by atoms with Gasteiger partial charge < -0.3 is 4.57 Å². The highest BCUT2D eigenvalue weighted by Gasteiger charge is 1.92. The maximum Gasteiger partial charge on any atom is 0.251 e. The van der Waals surface area contributed by atoms with Crippen LogP contribution in [0.5, 0.6) is 0 Å². The molecule has 0 unspecified atom stereocenters. The molecule has 1 aromatic heterocycles.